The molecular weight excluding hydrogens is 212 g/mol. The summed E-state index contributed by atoms with van der Waals surface area (Å²) in [5.74, 6) is 0.773. The van der Waals surface area contributed by atoms with Crippen LogP contribution in [0.3, 0.4) is 0 Å². The van der Waals surface area contributed by atoms with Crippen LogP contribution in [0, 0.1) is 5.92 Å². The molecule has 86 valence electrons. The number of rotatable bonds is 2. The Bertz CT molecular complexity index is 221. The summed E-state index contributed by atoms with van der Waals surface area (Å²) >= 11 is 5.45. The van der Waals surface area contributed by atoms with E-state index in [1.54, 1.807) is 4.90 Å². The Hall–Kier alpha value is -0.280. The third-order valence-corrected chi connectivity index (χ3v) is 3.82. The molecule has 2 aliphatic rings. The van der Waals surface area contributed by atoms with Crippen LogP contribution in [-0.4, -0.2) is 47.9 Å². The Morgan fingerprint density at radius 2 is 1.73 bits per heavy atom. The molecule has 2 heterocycles. The summed E-state index contributed by atoms with van der Waals surface area (Å²) in [5, 5.41) is -0.283. The van der Waals surface area contributed by atoms with E-state index in [9.17, 15) is 4.79 Å². The van der Waals surface area contributed by atoms with Crippen LogP contribution >= 0.6 is 11.6 Å². The summed E-state index contributed by atoms with van der Waals surface area (Å²) in [6, 6.07) is 0. The molecule has 1 amide bonds. The van der Waals surface area contributed by atoms with Gasteiger partial charge in [0.05, 0.1) is 0 Å². The molecule has 0 N–H and O–H groups in total. The first kappa shape index (κ1) is 11.2. The summed E-state index contributed by atoms with van der Waals surface area (Å²) in [4.78, 5) is 15.2. The van der Waals surface area contributed by atoms with E-state index in [2.05, 4.69) is 4.90 Å². The van der Waals surface area contributed by atoms with Gasteiger partial charge in [0, 0.05) is 19.6 Å². The summed E-state index contributed by atoms with van der Waals surface area (Å²) < 4.78 is 0. The number of likely N-dealkylation sites (tertiary alicyclic amines) is 2. The largest absolute Gasteiger partial charge is 0.329 e. The Morgan fingerprint density at radius 3 is 2.27 bits per heavy atom. The number of amides is 1. The highest BCUT2D eigenvalue weighted by Gasteiger charge is 2.24. The fourth-order valence-electron chi connectivity index (χ4n) is 2.62. The van der Waals surface area contributed by atoms with Gasteiger partial charge in [-0.1, -0.05) is 0 Å². The quantitative estimate of drug-likeness (QED) is 0.536. The van der Waals surface area contributed by atoms with Gasteiger partial charge in [-0.3, -0.25) is 4.79 Å². The molecule has 0 bridgehead atoms. The molecule has 0 spiro atoms. The molecule has 0 atom stereocenters. The van der Waals surface area contributed by atoms with Crippen LogP contribution in [0.2, 0.25) is 0 Å². The molecule has 0 aromatic heterocycles. The minimum Gasteiger partial charge on any atom is -0.329 e. The average molecular weight is 231 g/mol. The molecule has 2 fully saturated rings. The molecule has 0 aromatic rings. The van der Waals surface area contributed by atoms with Gasteiger partial charge in [0.15, 0.2) is 0 Å². The standard InChI is InChI=1S/C11H19ClN2O/c12-11(15)14-7-3-10(4-8-14)9-13-5-1-2-6-13/h10H,1-9H2. The van der Waals surface area contributed by atoms with Gasteiger partial charge in [0.1, 0.15) is 0 Å². The second-order valence-corrected chi connectivity index (χ2v) is 5.01. The highest BCUT2D eigenvalue weighted by Crippen LogP contribution is 2.21. The van der Waals surface area contributed by atoms with Gasteiger partial charge in [-0.25, -0.2) is 0 Å². The van der Waals surface area contributed by atoms with Crippen LogP contribution in [0.25, 0.3) is 0 Å². The van der Waals surface area contributed by atoms with Crippen LogP contribution in [0.15, 0.2) is 0 Å². The first-order chi connectivity index (χ1) is 7.25. The summed E-state index contributed by atoms with van der Waals surface area (Å²) in [7, 11) is 0. The number of halogens is 1. The maximum atomic E-state index is 10.9. The van der Waals surface area contributed by atoms with Crippen molar-refractivity contribution in [3.8, 4) is 0 Å². The molecule has 15 heavy (non-hydrogen) atoms. The number of hydrogen-bond acceptors (Lipinski definition) is 2. The molecule has 4 heteroatoms. The second-order valence-electron chi connectivity index (χ2n) is 4.69. The molecule has 3 nitrogen and oxygen atoms in total. The minimum absolute atomic E-state index is 0.283. The van der Waals surface area contributed by atoms with E-state index in [-0.39, 0.29) is 5.37 Å². The lowest BCUT2D eigenvalue weighted by molar-refractivity contribution is 0.169. The monoisotopic (exact) mass is 230 g/mol. The maximum absolute atomic E-state index is 10.9. The van der Waals surface area contributed by atoms with Gasteiger partial charge in [0.2, 0.25) is 0 Å². The Balaban J connectivity index is 1.71. The fraction of sp³-hybridized carbons (Fsp3) is 0.909. The van der Waals surface area contributed by atoms with Crippen molar-refractivity contribution in [3.63, 3.8) is 0 Å². The van der Waals surface area contributed by atoms with E-state index in [1.807, 2.05) is 0 Å². The number of piperidine rings is 1. The lowest BCUT2D eigenvalue weighted by Gasteiger charge is -2.32. The molecular formula is C11H19ClN2O. The molecule has 0 saturated carbocycles. The number of hydrogen-bond donors (Lipinski definition) is 0. The summed E-state index contributed by atoms with van der Waals surface area (Å²) in [6.45, 7) is 5.47. The normalized spacial score (nSPS) is 24.7. The lowest BCUT2D eigenvalue weighted by Crippen LogP contribution is -2.39. The van der Waals surface area contributed by atoms with Gasteiger partial charge in [0.25, 0.3) is 0 Å². The van der Waals surface area contributed by atoms with Crippen LogP contribution < -0.4 is 0 Å². The van der Waals surface area contributed by atoms with Crippen LogP contribution in [0.1, 0.15) is 25.7 Å². The Kier molecular flexibility index (Phi) is 3.87. The van der Waals surface area contributed by atoms with Crippen molar-refractivity contribution in [2.75, 3.05) is 32.7 Å². The highest BCUT2D eigenvalue weighted by molar-refractivity contribution is 6.62. The van der Waals surface area contributed by atoms with Crippen molar-refractivity contribution in [2.24, 2.45) is 5.92 Å². The Labute approximate surface area is 96.4 Å². The zero-order chi connectivity index (χ0) is 10.7. The van der Waals surface area contributed by atoms with Crippen molar-refractivity contribution in [3.05, 3.63) is 0 Å². The van der Waals surface area contributed by atoms with Crippen molar-refractivity contribution in [1.82, 2.24) is 9.80 Å². The highest BCUT2D eigenvalue weighted by atomic mass is 35.5. The van der Waals surface area contributed by atoms with Gasteiger partial charge in [-0.2, -0.15) is 0 Å². The van der Waals surface area contributed by atoms with Gasteiger partial charge >= 0.3 is 5.37 Å². The molecule has 0 radical (unpaired) electrons. The van der Waals surface area contributed by atoms with Gasteiger partial charge in [-0.05, 0) is 56.3 Å². The molecule has 2 saturated heterocycles. The zero-order valence-electron chi connectivity index (χ0n) is 9.12. The average Bonchev–Trinajstić information content (AvgIpc) is 2.71. The van der Waals surface area contributed by atoms with Crippen LogP contribution in [0.4, 0.5) is 4.79 Å². The molecule has 2 aliphatic heterocycles. The van der Waals surface area contributed by atoms with Crippen molar-refractivity contribution >= 4 is 17.0 Å². The van der Waals surface area contributed by atoms with Gasteiger partial charge in [-0.15, -0.1) is 0 Å². The lowest BCUT2D eigenvalue weighted by atomic mass is 9.97. The predicted octanol–water partition coefficient (Wildman–Crippen LogP) is 2.15. The van der Waals surface area contributed by atoms with E-state index >= 15 is 0 Å². The van der Waals surface area contributed by atoms with E-state index in [0.29, 0.717) is 0 Å². The maximum Gasteiger partial charge on any atom is 0.316 e. The third kappa shape index (κ3) is 3.08. The summed E-state index contributed by atoms with van der Waals surface area (Å²) in [5.41, 5.74) is 0. The van der Waals surface area contributed by atoms with Crippen molar-refractivity contribution in [2.45, 2.75) is 25.7 Å². The predicted molar refractivity (Wildman–Crippen MR) is 61.2 cm³/mol. The second kappa shape index (κ2) is 5.17. The van der Waals surface area contributed by atoms with Crippen molar-refractivity contribution < 1.29 is 4.79 Å². The third-order valence-electron chi connectivity index (χ3n) is 3.58. The van der Waals surface area contributed by atoms with Crippen LogP contribution in [-0.2, 0) is 0 Å². The van der Waals surface area contributed by atoms with Gasteiger partial charge < -0.3 is 9.80 Å². The summed E-state index contributed by atoms with van der Waals surface area (Å²) in [6.07, 6.45) is 4.96. The number of carbonyl (C=O) groups is 1. The SMILES string of the molecule is O=C(Cl)N1CCC(CN2CCCC2)CC1. The van der Waals surface area contributed by atoms with Crippen molar-refractivity contribution in [1.29, 1.82) is 0 Å². The smallest absolute Gasteiger partial charge is 0.316 e. The number of nitrogens with zero attached hydrogens (tertiary/aromatic N) is 2. The first-order valence-corrected chi connectivity index (χ1v) is 6.30. The molecule has 0 aromatic carbocycles. The fourth-order valence-corrected chi connectivity index (χ4v) is 2.79. The Morgan fingerprint density at radius 1 is 1.13 bits per heavy atom. The first-order valence-electron chi connectivity index (χ1n) is 5.92. The topological polar surface area (TPSA) is 23.6 Å². The minimum atomic E-state index is -0.283. The molecule has 0 aliphatic carbocycles. The van der Waals surface area contributed by atoms with Crippen LogP contribution in [0.5, 0.6) is 0 Å². The van der Waals surface area contributed by atoms with E-state index in [4.69, 9.17) is 11.6 Å². The molecule has 0 unspecified atom stereocenters. The van der Waals surface area contributed by atoms with E-state index in [0.717, 1.165) is 31.8 Å². The molecule has 2 rings (SSSR count). The number of carbonyl (C=O) groups excluding carboxylic acids is 1. The zero-order valence-corrected chi connectivity index (χ0v) is 9.88. The van der Waals surface area contributed by atoms with E-state index in [1.165, 1.54) is 32.5 Å². The van der Waals surface area contributed by atoms with E-state index < -0.39 is 0 Å².